The highest BCUT2D eigenvalue weighted by Crippen LogP contribution is 2.78. The molecule has 2 bridgehead atoms. The Morgan fingerprint density at radius 2 is 1.64 bits per heavy atom. The summed E-state index contributed by atoms with van der Waals surface area (Å²) in [4.78, 5) is 29.9. The van der Waals surface area contributed by atoms with Gasteiger partial charge in [0, 0.05) is 39.6 Å². The standard InChI is InChI=1S/C39H46F2N2O4/c1-4-20-43(34(46)42-26-8-6-5-7-9-26)24-38(47)17-14-32-36(38,3)16-13-31-35(2)15-12-27(44)22-37(35)18-19-39(31,32)28(23-37)33(45)25-10-11-29(40)30(41)21-25/h5-11,18-19,21,23,27,31-32,44,47H,4,12-17,20,22,24H2,1-3H3,(H,42,46). The first-order valence-electron chi connectivity index (χ1n) is 17.3. The van der Waals surface area contributed by atoms with Crippen molar-refractivity contribution in [2.75, 3.05) is 18.4 Å². The van der Waals surface area contributed by atoms with E-state index >= 15 is 0 Å². The highest BCUT2D eigenvalue weighted by molar-refractivity contribution is 6.10. The Bertz CT molecular complexity index is 1660. The number of carbonyl (C=O) groups excluding carboxylic acids is 2. The fourth-order valence-electron chi connectivity index (χ4n) is 11.0. The van der Waals surface area contributed by atoms with Crippen LogP contribution in [0.25, 0.3) is 0 Å². The molecule has 3 N–H and O–H groups in total. The Hall–Kier alpha value is -3.36. The molecule has 0 saturated heterocycles. The van der Waals surface area contributed by atoms with Crippen LogP contribution < -0.4 is 5.32 Å². The molecule has 250 valence electrons. The van der Waals surface area contributed by atoms with E-state index < -0.39 is 39.6 Å². The molecule has 6 aliphatic rings. The summed E-state index contributed by atoms with van der Waals surface area (Å²) in [5.41, 5.74) is -1.96. The number of nitrogens with zero attached hydrogens (tertiary/aromatic N) is 1. The third-order valence-corrected chi connectivity index (χ3v) is 13.4. The first-order chi connectivity index (χ1) is 22.3. The van der Waals surface area contributed by atoms with Gasteiger partial charge in [0.05, 0.1) is 18.2 Å². The summed E-state index contributed by atoms with van der Waals surface area (Å²) in [7, 11) is 0. The third-order valence-electron chi connectivity index (χ3n) is 13.4. The van der Waals surface area contributed by atoms with Gasteiger partial charge in [-0.2, -0.15) is 0 Å². The van der Waals surface area contributed by atoms with Crippen molar-refractivity contribution in [3.05, 3.63) is 89.5 Å². The van der Waals surface area contributed by atoms with Crippen molar-refractivity contribution in [1.29, 1.82) is 0 Å². The summed E-state index contributed by atoms with van der Waals surface area (Å²) in [6.07, 6.45) is 11.4. The maximum atomic E-state index is 14.6. The number of carbonyl (C=O) groups is 2. The number of ketones is 1. The SMILES string of the molecule is CCCN(CC1(O)CCC2C34C=CC5(C=C3C(=O)c3ccc(F)c(F)c3)CC(O)CCC5(C)C4CCC21C)C(=O)Nc1ccccc1. The molecule has 2 spiro atoms. The lowest BCUT2D eigenvalue weighted by atomic mass is 9.32. The highest BCUT2D eigenvalue weighted by Gasteiger charge is 2.74. The topological polar surface area (TPSA) is 89.9 Å². The highest BCUT2D eigenvalue weighted by atomic mass is 19.2. The lowest BCUT2D eigenvalue weighted by Gasteiger charge is -2.71. The van der Waals surface area contributed by atoms with Gasteiger partial charge in [0.25, 0.3) is 0 Å². The minimum Gasteiger partial charge on any atom is -0.393 e. The third kappa shape index (κ3) is 4.53. The van der Waals surface area contributed by atoms with Crippen molar-refractivity contribution < 1.29 is 28.6 Å². The molecule has 3 fully saturated rings. The normalized spacial score (nSPS) is 38.2. The van der Waals surface area contributed by atoms with Crippen LogP contribution in [0.3, 0.4) is 0 Å². The van der Waals surface area contributed by atoms with Gasteiger partial charge < -0.3 is 20.4 Å². The lowest BCUT2D eigenvalue weighted by molar-refractivity contribution is -0.174. The molecule has 2 amide bonds. The number of fused-ring (bicyclic) bond motifs is 1. The van der Waals surface area contributed by atoms with Gasteiger partial charge in [-0.1, -0.05) is 57.2 Å². The smallest absolute Gasteiger partial charge is 0.321 e. The summed E-state index contributed by atoms with van der Waals surface area (Å²) < 4.78 is 28.5. The molecule has 6 nitrogen and oxygen atoms in total. The van der Waals surface area contributed by atoms with Crippen molar-refractivity contribution in [2.24, 2.45) is 33.5 Å². The van der Waals surface area contributed by atoms with Crippen molar-refractivity contribution in [3.8, 4) is 0 Å². The zero-order chi connectivity index (χ0) is 33.4. The molecule has 6 aliphatic carbocycles. The number of hydrogen-bond acceptors (Lipinski definition) is 4. The number of anilines is 1. The van der Waals surface area contributed by atoms with Gasteiger partial charge in [0.2, 0.25) is 0 Å². The molecule has 0 aliphatic heterocycles. The van der Waals surface area contributed by atoms with Gasteiger partial charge >= 0.3 is 6.03 Å². The van der Waals surface area contributed by atoms with E-state index in [1.54, 1.807) is 4.90 Å². The molecule has 8 atom stereocenters. The van der Waals surface area contributed by atoms with Crippen LogP contribution in [0, 0.1) is 45.1 Å². The van der Waals surface area contributed by atoms with Gasteiger partial charge in [-0.25, -0.2) is 13.6 Å². The first kappa shape index (κ1) is 32.2. The van der Waals surface area contributed by atoms with Crippen LogP contribution in [0.1, 0.15) is 82.5 Å². The van der Waals surface area contributed by atoms with Crippen molar-refractivity contribution in [2.45, 2.75) is 83.8 Å². The molecule has 3 saturated carbocycles. The number of para-hydroxylation sites is 1. The fraction of sp³-hybridized carbons (Fsp3) is 0.538. The second kappa shape index (κ2) is 11.1. The van der Waals surface area contributed by atoms with E-state index in [0.29, 0.717) is 43.5 Å². The van der Waals surface area contributed by atoms with Crippen molar-refractivity contribution in [3.63, 3.8) is 0 Å². The van der Waals surface area contributed by atoms with E-state index in [1.807, 2.05) is 37.3 Å². The number of rotatable bonds is 7. The Morgan fingerprint density at radius 3 is 2.36 bits per heavy atom. The van der Waals surface area contributed by atoms with Crippen LogP contribution in [0.2, 0.25) is 0 Å². The van der Waals surface area contributed by atoms with E-state index in [2.05, 4.69) is 37.4 Å². The molecule has 2 aromatic rings. The quantitative estimate of drug-likeness (QED) is 0.213. The number of urea groups is 1. The number of benzene rings is 2. The van der Waals surface area contributed by atoms with E-state index in [1.165, 1.54) is 6.07 Å². The maximum Gasteiger partial charge on any atom is 0.321 e. The van der Waals surface area contributed by atoms with Crippen LogP contribution in [-0.2, 0) is 0 Å². The van der Waals surface area contributed by atoms with Crippen LogP contribution in [0.5, 0.6) is 0 Å². The zero-order valence-corrected chi connectivity index (χ0v) is 27.6. The second-order valence-electron chi connectivity index (χ2n) is 15.5. The number of allylic oxidation sites excluding steroid dienone is 4. The Morgan fingerprint density at radius 1 is 0.936 bits per heavy atom. The minimum absolute atomic E-state index is 0.0651. The van der Waals surface area contributed by atoms with Crippen LogP contribution in [-0.4, -0.2) is 51.7 Å². The molecular weight excluding hydrogens is 598 g/mol. The number of aliphatic hydroxyl groups is 2. The van der Waals surface area contributed by atoms with E-state index in [-0.39, 0.29) is 41.2 Å². The first-order valence-corrected chi connectivity index (χ1v) is 17.3. The van der Waals surface area contributed by atoms with E-state index in [4.69, 9.17) is 0 Å². The summed E-state index contributed by atoms with van der Waals surface area (Å²) in [5, 5.41) is 26.6. The Labute approximate surface area is 275 Å². The number of aliphatic hydroxyl groups excluding tert-OH is 1. The van der Waals surface area contributed by atoms with Gasteiger partial charge in [0.1, 0.15) is 0 Å². The van der Waals surface area contributed by atoms with Gasteiger partial charge in [0.15, 0.2) is 17.4 Å². The monoisotopic (exact) mass is 644 g/mol. The number of amides is 2. The van der Waals surface area contributed by atoms with Crippen LogP contribution >= 0.6 is 0 Å². The lowest BCUT2D eigenvalue weighted by Crippen LogP contribution is -2.67. The van der Waals surface area contributed by atoms with Gasteiger partial charge in [-0.15, -0.1) is 0 Å². The molecular formula is C39H46F2N2O4. The summed E-state index contributed by atoms with van der Waals surface area (Å²) in [5.74, 6) is -2.45. The van der Waals surface area contributed by atoms with Crippen molar-refractivity contribution in [1.82, 2.24) is 4.90 Å². The Balaban J connectivity index is 1.30. The zero-order valence-electron chi connectivity index (χ0n) is 27.6. The summed E-state index contributed by atoms with van der Waals surface area (Å²) in [6, 6.07) is 12.4. The minimum atomic E-state index is -1.21. The average molecular weight is 645 g/mol. The van der Waals surface area contributed by atoms with Crippen LogP contribution in [0.4, 0.5) is 19.3 Å². The molecule has 8 heteroatoms. The predicted molar refractivity (Wildman–Crippen MR) is 177 cm³/mol. The van der Waals surface area contributed by atoms with Crippen LogP contribution in [0.15, 0.2) is 72.3 Å². The molecule has 0 aromatic heterocycles. The molecule has 47 heavy (non-hydrogen) atoms. The van der Waals surface area contributed by atoms with E-state index in [0.717, 1.165) is 37.8 Å². The largest absolute Gasteiger partial charge is 0.393 e. The number of nitrogens with one attached hydrogen (secondary N) is 1. The Kier molecular flexibility index (Phi) is 7.60. The van der Waals surface area contributed by atoms with Crippen molar-refractivity contribution >= 4 is 17.5 Å². The summed E-state index contributed by atoms with van der Waals surface area (Å²) >= 11 is 0. The maximum absolute atomic E-state index is 14.6. The number of hydrogen-bond donors (Lipinski definition) is 3. The second-order valence-corrected chi connectivity index (χ2v) is 15.5. The molecule has 8 unspecified atom stereocenters. The number of Topliss-reactive ketones (excluding diaryl/α,β-unsaturated/α-hetero) is 1. The molecule has 2 aromatic carbocycles. The summed E-state index contributed by atoms with van der Waals surface area (Å²) in [6.45, 7) is 7.10. The molecule has 8 rings (SSSR count). The van der Waals surface area contributed by atoms with Gasteiger partial charge in [-0.3, -0.25) is 4.79 Å². The molecule has 0 heterocycles. The van der Waals surface area contributed by atoms with E-state index in [9.17, 15) is 28.6 Å². The number of halogens is 2. The average Bonchev–Trinajstić information content (AvgIpc) is 3.32. The fourth-order valence-corrected chi connectivity index (χ4v) is 11.0. The molecule has 0 radical (unpaired) electrons. The van der Waals surface area contributed by atoms with Gasteiger partial charge in [-0.05, 0) is 98.9 Å². The predicted octanol–water partition coefficient (Wildman–Crippen LogP) is 7.68.